The molecule has 0 rings (SSSR count). The second-order valence-corrected chi connectivity index (χ2v) is 4.30. The fourth-order valence-electron chi connectivity index (χ4n) is 1.08. The summed E-state index contributed by atoms with van der Waals surface area (Å²) in [7, 11) is 0. The van der Waals surface area contributed by atoms with E-state index in [-0.39, 0.29) is 12.5 Å². The van der Waals surface area contributed by atoms with E-state index in [1.54, 1.807) is 26.8 Å². The van der Waals surface area contributed by atoms with Crippen LogP contribution in [0.2, 0.25) is 0 Å². The van der Waals surface area contributed by atoms with Crippen LogP contribution in [-0.4, -0.2) is 23.3 Å². The zero-order valence-electron chi connectivity index (χ0n) is 10.3. The summed E-state index contributed by atoms with van der Waals surface area (Å²) in [5.74, 6) is -0.479. The third-order valence-electron chi connectivity index (χ3n) is 2.22. The molecule has 1 unspecified atom stereocenters. The molecule has 0 aliphatic rings. The van der Waals surface area contributed by atoms with Gasteiger partial charge < -0.3 is 9.84 Å². The van der Waals surface area contributed by atoms with Gasteiger partial charge in [-0.05, 0) is 24.8 Å². The zero-order chi connectivity index (χ0) is 12.1. The maximum Gasteiger partial charge on any atom is 0.342 e. The summed E-state index contributed by atoms with van der Waals surface area (Å²) in [4.78, 5) is 11.6. The van der Waals surface area contributed by atoms with Gasteiger partial charge >= 0.3 is 5.97 Å². The highest BCUT2D eigenvalue weighted by Gasteiger charge is 2.38. The van der Waals surface area contributed by atoms with E-state index in [1.807, 2.05) is 19.9 Å². The van der Waals surface area contributed by atoms with Crippen LogP contribution in [-0.2, 0) is 9.53 Å². The van der Waals surface area contributed by atoms with Gasteiger partial charge in [-0.25, -0.2) is 4.79 Å². The van der Waals surface area contributed by atoms with Gasteiger partial charge in [0.1, 0.15) is 0 Å². The molecule has 0 aromatic rings. The van der Waals surface area contributed by atoms with E-state index in [4.69, 9.17) is 4.74 Å². The van der Waals surface area contributed by atoms with Crippen LogP contribution in [0.5, 0.6) is 0 Å². The van der Waals surface area contributed by atoms with Crippen molar-refractivity contribution in [3.05, 3.63) is 12.2 Å². The first-order valence-electron chi connectivity index (χ1n) is 5.43. The lowest BCUT2D eigenvalue weighted by Gasteiger charge is -2.26. The largest absolute Gasteiger partial charge is 0.464 e. The van der Waals surface area contributed by atoms with E-state index in [0.29, 0.717) is 5.92 Å². The third-order valence-corrected chi connectivity index (χ3v) is 2.22. The number of carbonyl (C=O) groups excluding carboxylic acids is 1. The lowest BCUT2D eigenvalue weighted by Crippen LogP contribution is -2.43. The monoisotopic (exact) mass is 214 g/mol. The molecular formula is C12H22O3. The summed E-state index contributed by atoms with van der Waals surface area (Å²) in [5.41, 5.74) is -1.50. The molecule has 1 atom stereocenters. The van der Waals surface area contributed by atoms with E-state index < -0.39 is 11.6 Å². The van der Waals surface area contributed by atoms with Gasteiger partial charge in [-0.15, -0.1) is 0 Å². The van der Waals surface area contributed by atoms with Crippen LogP contribution in [0.25, 0.3) is 0 Å². The maximum absolute atomic E-state index is 11.6. The number of aliphatic hydroxyl groups is 1. The molecule has 0 bridgehead atoms. The molecule has 0 fully saturated rings. The Balaban J connectivity index is 4.81. The normalized spacial score (nSPS) is 16.0. The first-order valence-corrected chi connectivity index (χ1v) is 5.43. The quantitative estimate of drug-likeness (QED) is 0.563. The van der Waals surface area contributed by atoms with Crippen LogP contribution < -0.4 is 0 Å². The van der Waals surface area contributed by atoms with Gasteiger partial charge in [0.2, 0.25) is 0 Å². The minimum absolute atomic E-state index is 0.202. The van der Waals surface area contributed by atoms with Gasteiger partial charge in [-0.1, -0.05) is 33.8 Å². The topological polar surface area (TPSA) is 46.5 Å². The Hall–Kier alpha value is -0.830. The second kappa shape index (κ2) is 5.91. The molecule has 0 amide bonds. The summed E-state index contributed by atoms with van der Waals surface area (Å²) in [6.45, 7) is 9.57. The number of rotatable bonds is 5. The fraction of sp³-hybridized carbons (Fsp3) is 0.750. The molecule has 0 aromatic carbocycles. The van der Waals surface area contributed by atoms with Crippen molar-refractivity contribution < 1.29 is 14.6 Å². The Labute approximate surface area is 92.1 Å². The molecule has 0 heterocycles. The molecule has 0 saturated carbocycles. The molecule has 3 heteroatoms. The first kappa shape index (κ1) is 14.2. The van der Waals surface area contributed by atoms with Gasteiger partial charge in [-0.2, -0.15) is 0 Å². The Morgan fingerprint density at radius 2 is 1.93 bits per heavy atom. The van der Waals surface area contributed by atoms with Crippen molar-refractivity contribution in [2.45, 2.75) is 40.2 Å². The van der Waals surface area contributed by atoms with E-state index in [1.165, 1.54) is 0 Å². The van der Waals surface area contributed by atoms with Gasteiger partial charge in [0.25, 0.3) is 0 Å². The van der Waals surface area contributed by atoms with Crippen molar-refractivity contribution >= 4 is 5.97 Å². The van der Waals surface area contributed by atoms with Gasteiger partial charge in [0, 0.05) is 0 Å². The number of allylic oxidation sites excluding steroid dienone is 1. The Morgan fingerprint density at radius 1 is 1.40 bits per heavy atom. The molecule has 88 valence electrons. The number of ether oxygens (including phenoxy) is 1. The Morgan fingerprint density at radius 3 is 2.27 bits per heavy atom. The molecule has 0 saturated heterocycles. The number of esters is 1. The molecule has 0 radical (unpaired) electrons. The molecular weight excluding hydrogens is 192 g/mol. The predicted molar refractivity (Wildman–Crippen MR) is 60.4 cm³/mol. The minimum Gasteiger partial charge on any atom is -0.464 e. The fourth-order valence-corrected chi connectivity index (χ4v) is 1.08. The van der Waals surface area contributed by atoms with E-state index >= 15 is 0 Å². The zero-order valence-corrected chi connectivity index (χ0v) is 10.3. The van der Waals surface area contributed by atoms with E-state index in [2.05, 4.69) is 0 Å². The number of carbonyl (C=O) groups is 1. The summed E-state index contributed by atoms with van der Waals surface area (Å²) in [6, 6.07) is 0. The van der Waals surface area contributed by atoms with Crippen molar-refractivity contribution in [2.75, 3.05) is 6.61 Å². The Bertz CT molecular complexity index is 231. The van der Waals surface area contributed by atoms with Crippen LogP contribution in [0.3, 0.4) is 0 Å². The lowest BCUT2D eigenvalue weighted by atomic mass is 9.89. The van der Waals surface area contributed by atoms with Gasteiger partial charge in [0.05, 0.1) is 6.61 Å². The average Bonchev–Trinajstić information content (AvgIpc) is 2.14. The standard InChI is InChI=1S/C12H22O3/c1-6-15-11(13)12(14,10(4)5)8-7-9(2)3/h7-10,14H,6H2,1-5H3. The first-order chi connectivity index (χ1) is 6.84. The number of hydrogen-bond acceptors (Lipinski definition) is 3. The van der Waals surface area contributed by atoms with Crippen LogP contribution >= 0.6 is 0 Å². The van der Waals surface area contributed by atoms with Crippen molar-refractivity contribution in [2.24, 2.45) is 11.8 Å². The maximum atomic E-state index is 11.6. The Kier molecular flexibility index (Phi) is 5.58. The minimum atomic E-state index is -1.50. The third kappa shape index (κ3) is 4.04. The van der Waals surface area contributed by atoms with Crippen molar-refractivity contribution in [1.82, 2.24) is 0 Å². The summed E-state index contributed by atoms with van der Waals surface area (Å²) < 4.78 is 4.86. The van der Waals surface area contributed by atoms with Crippen molar-refractivity contribution in [1.29, 1.82) is 0 Å². The summed E-state index contributed by atoms with van der Waals surface area (Å²) in [6.07, 6.45) is 3.36. The van der Waals surface area contributed by atoms with E-state index in [0.717, 1.165) is 0 Å². The summed E-state index contributed by atoms with van der Waals surface area (Å²) in [5, 5.41) is 10.2. The van der Waals surface area contributed by atoms with Gasteiger partial charge in [-0.3, -0.25) is 0 Å². The molecule has 0 spiro atoms. The molecule has 0 aromatic heterocycles. The highest BCUT2D eigenvalue weighted by Crippen LogP contribution is 2.21. The average molecular weight is 214 g/mol. The van der Waals surface area contributed by atoms with E-state index in [9.17, 15) is 9.90 Å². The van der Waals surface area contributed by atoms with Crippen molar-refractivity contribution in [3.8, 4) is 0 Å². The van der Waals surface area contributed by atoms with Crippen LogP contribution in [0.4, 0.5) is 0 Å². The van der Waals surface area contributed by atoms with Crippen LogP contribution in [0, 0.1) is 11.8 Å². The SMILES string of the molecule is CCOC(=O)C(O)(C=CC(C)C)C(C)C. The highest BCUT2D eigenvalue weighted by atomic mass is 16.5. The van der Waals surface area contributed by atoms with Crippen LogP contribution in [0.15, 0.2) is 12.2 Å². The smallest absolute Gasteiger partial charge is 0.342 e. The second-order valence-electron chi connectivity index (χ2n) is 4.30. The molecule has 15 heavy (non-hydrogen) atoms. The molecule has 3 nitrogen and oxygen atoms in total. The molecule has 0 aliphatic heterocycles. The summed E-state index contributed by atoms with van der Waals surface area (Å²) >= 11 is 0. The molecule has 0 aliphatic carbocycles. The highest BCUT2D eigenvalue weighted by molar-refractivity contribution is 5.82. The van der Waals surface area contributed by atoms with Gasteiger partial charge in [0.15, 0.2) is 5.60 Å². The lowest BCUT2D eigenvalue weighted by molar-refractivity contribution is -0.163. The molecule has 1 N–H and O–H groups in total. The van der Waals surface area contributed by atoms with Crippen LogP contribution in [0.1, 0.15) is 34.6 Å². The van der Waals surface area contributed by atoms with Crippen molar-refractivity contribution in [3.63, 3.8) is 0 Å². The number of hydrogen-bond donors (Lipinski definition) is 1. The predicted octanol–water partition coefficient (Wildman–Crippen LogP) is 2.15.